The Kier molecular flexibility index (Phi) is 3.48. The highest BCUT2D eigenvalue weighted by Gasteiger charge is 1.86. The molecule has 7 heavy (non-hydrogen) atoms. The summed E-state index contributed by atoms with van der Waals surface area (Å²) >= 11 is 0. The molecule has 2 N–H and O–H groups in total. The van der Waals surface area contributed by atoms with Crippen LogP contribution in [-0.4, -0.2) is 0 Å². The normalized spacial score (nSPS) is 15.1. The fourth-order valence-electron chi connectivity index (χ4n) is 0.326. The maximum atomic E-state index is 5.12. The smallest absolute Gasteiger partial charge is 0.0100 e. The SMILES string of the molecule is CC[C@@H](C)/C=C\N. The average molecular weight is 99.2 g/mol. The summed E-state index contributed by atoms with van der Waals surface area (Å²) in [7, 11) is 0. The van der Waals surface area contributed by atoms with Gasteiger partial charge in [-0.15, -0.1) is 0 Å². The average Bonchev–Trinajstić information content (AvgIpc) is 1.68. The fraction of sp³-hybridized carbons (Fsp3) is 0.667. The highest BCUT2D eigenvalue weighted by atomic mass is 14.5. The molecule has 0 aliphatic rings. The third-order valence-corrected chi connectivity index (χ3v) is 1.08. The van der Waals surface area contributed by atoms with Crippen LogP contribution < -0.4 is 5.73 Å². The number of hydrogen-bond donors (Lipinski definition) is 1. The second-order valence-electron chi connectivity index (χ2n) is 1.77. The summed E-state index contributed by atoms with van der Waals surface area (Å²) in [5, 5.41) is 0. The van der Waals surface area contributed by atoms with E-state index in [-0.39, 0.29) is 0 Å². The topological polar surface area (TPSA) is 26.0 Å². The minimum absolute atomic E-state index is 0.644. The van der Waals surface area contributed by atoms with Crippen molar-refractivity contribution >= 4 is 0 Å². The molecule has 1 heteroatoms. The lowest BCUT2D eigenvalue weighted by atomic mass is 10.1. The molecule has 0 saturated carbocycles. The van der Waals surface area contributed by atoms with E-state index >= 15 is 0 Å². The zero-order valence-corrected chi connectivity index (χ0v) is 5.02. The molecular formula is C6H13N. The molecule has 0 rings (SSSR count). The zero-order chi connectivity index (χ0) is 5.70. The van der Waals surface area contributed by atoms with E-state index in [0.29, 0.717) is 5.92 Å². The Labute approximate surface area is 45.2 Å². The minimum atomic E-state index is 0.644. The lowest BCUT2D eigenvalue weighted by Crippen LogP contribution is -1.86. The molecule has 1 atom stereocenters. The molecule has 0 fully saturated rings. The minimum Gasteiger partial charge on any atom is -0.405 e. The van der Waals surface area contributed by atoms with Crippen LogP contribution in [-0.2, 0) is 0 Å². The number of rotatable bonds is 2. The molecule has 0 aliphatic carbocycles. The summed E-state index contributed by atoms with van der Waals surface area (Å²) in [6.45, 7) is 4.29. The Hall–Kier alpha value is -0.460. The largest absolute Gasteiger partial charge is 0.405 e. The van der Waals surface area contributed by atoms with Crippen molar-refractivity contribution < 1.29 is 0 Å². The van der Waals surface area contributed by atoms with Crippen molar-refractivity contribution in [3.05, 3.63) is 12.3 Å². The standard InChI is InChI=1S/C6H13N/c1-3-6(2)4-5-7/h4-6H,3,7H2,1-2H3/b5-4-/t6-/m1/s1. The van der Waals surface area contributed by atoms with Crippen molar-refractivity contribution in [1.29, 1.82) is 0 Å². The van der Waals surface area contributed by atoms with Crippen molar-refractivity contribution in [3.63, 3.8) is 0 Å². The molecule has 0 bridgehead atoms. The van der Waals surface area contributed by atoms with Crippen LogP contribution in [0.25, 0.3) is 0 Å². The Morgan fingerprint density at radius 2 is 2.29 bits per heavy atom. The van der Waals surface area contributed by atoms with Crippen LogP contribution in [0.15, 0.2) is 12.3 Å². The van der Waals surface area contributed by atoms with E-state index in [1.54, 1.807) is 6.20 Å². The maximum Gasteiger partial charge on any atom is -0.0100 e. The molecule has 42 valence electrons. The van der Waals surface area contributed by atoms with E-state index in [9.17, 15) is 0 Å². The van der Waals surface area contributed by atoms with E-state index in [4.69, 9.17) is 5.73 Å². The molecule has 0 unspecified atom stereocenters. The van der Waals surface area contributed by atoms with Gasteiger partial charge in [-0.3, -0.25) is 0 Å². The molecule has 0 aliphatic heterocycles. The Morgan fingerprint density at radius 1 is 1.71 bits per heavy atom. The Balaban J connectivity index is 3.16. The molecule has 0 saturated heterocycles. The second kappa shape index (κ2) is 3.72. The van der Waals surface area contributed by atoms with Crippen molar-refractivity contribution in [2.24, 2.45) is 11.7 Å². The quantitative estimate of drug-likeness (QED) is 0.558. The van der Waals surface area contributed by atoms with Gasteiger partial charge in [0.05, 0.1) is 0 Å². The molecule has 0 aromatic heterocycles. The summed E-state index contributed by atoms with van der Waals surface area (Å²) in [5.41, 5.74) is 5.12. The van der Waals surface area contributed by atoms with Crippen LogP contribution in [0.3, 0.4) is 0 Å². The molecule has 0 radical (unpaired) electrons. The van der Waals surface area contributed by atoms with Gasteiger partial charge in [0.25, 0.3) is 0 Å². The summed E-state index contributed by atoms with van der Waals surface area (Å²) in [6, 6.07) is 0. The predicted octanol–water partition coefficient (Wildman–Crippen LogP) is 1.50. The molecule has 0 amide bonds. The summed E-state index contributed by atoms with van der Waals surface area (Å²) in [6.07, 6.45) is 4.78. The van der Waals surface area contributed by atoms with Gasteiger partial charge in [-0.25, -0.2) is 0 Å². The van der Waals surface area contributed by atoms with Gasteiger partial charge >= 0.3 is 0 Å². The van der Waals surface area contributed by atoms with Gasteiger partial charge in [0.1, 0.15) is 0 Å². The predicted molar refractivity (Wildman–Crippen MR) is 32.8 cm³/mol. The Morgan fingerprint density at radius 3 is 2.43 bits per heavy atom. The second-order valence-corrected chi connectivity index (χ2v) is 1.77. The first-order chi connectivity index (χ1) is 3.31. The highest BCUT2D eigenvalue weighted by Crippen LogP contribution is 1.99. The first kappa shape index (κ1) is 6.54. The molecule has 0 spiro atoms. The van der Waals surface area contributed by atoms with Crippen LogP contribution in [0.5, 0.6) is 0 Å². The first-order valence-corrected chi connectivity index (χ1v) is 2.69. The third kappa shape index (κ3) is 3.37. The van der Waals surface area contributed by atoms with E-state index in [1.165, 1.54) is 6.42 Å². The molecule has 0 aromatic rings. The molecular weight excluding hydrogens is 86.1 g/mol. The molecule has 1 nitrogen and oxygen atoms in total. The van der Waals surface area contributed by atoms with Crippen LogP contribution in [0.2, 0.25) is 0 Å². The van der Waals surface area contributed by atoms with Crippen molar-refractivity contribution in [2.75, 3.05) is 0 Å². The zero-order valence-electron chi connectivity index (χ0n) is 5.02. The van der Waals surface area contributed by atoms with Crippen LogP contribution in [0.1, 0.15) is 20.3 Å². The summed E-state index contributed by atoms with van der Waals surface area (Å²) < 4.78 is 0. The van der Waals surface area contributed by atoms with Crippen LogP contribution in [0.4, 0.5) is 0 Å². The van der Waals surface area contributed by atoms with Gasteiger partial charge in [0.15, 0.2) is 0 Å². The summed E-state index contributed by atoms with van der Waals surface area (Å²) in [4.78, 5) is 0. The first-order valence-electron chi connectivity index (χ1n) is 2.69. The van der Waals surface area contributed by atoms with Crippen molar-refractivity contribution in [1.82, 2.24) is 0 Å². The van der Waals surface area contributed by atoms with Crippen molar-refractivity contribution in [2.45, 2.75) is 20.3 Å². The lowest BCUT2D eigenvalue weighted by molar-refractivity contribution is 0.697. The Bertz CT molecular complexity index is 57.2. The lowest BCUT2D eigenvalue weighted by Gasteiger charge is -1.95. The number of nitrogens with two attached hydrogens (primary N) is 1. The van der Waals surface area contributed by atoms with E-state index in [2.05, 4.69) is 13.8 Å². The number of allylic oxidation sites excluding steroid dienone is 1. The highest BCUT2D eigenvalue weighted by molar-refractivity contribution is 4.80. The van der Waals surface area contributed by atoms with E-state index in [1.807, 2.05) is 6.08 Å². The van der Waals surface area contributed by atoms with E-state index in [0.717, 1.165) is 0 Å². The van der Waals surface area contributed by atoms with Gasteiger partial charge in [0, 0.05) is 0 Å². The number of hydrogen-bond acceptors (Lipinski definition) is 1. The van der Waals surface area contributed by atoms with Gasteiger partial charge < -0.3 is 5.73 Å². The third-order valence-electron chi connectivity index (χ3n) is 1.08. The van der Waals surface area contributed by atoms with E-state index < -0.39 is 0 Å². The molecule has 0 aromatic carbocycles. The van der Waals surface area contributed by atoms with Gasteiger partial charge in [-0.05, 0) is 12.1 Å². The van der Waals surface area contributed by atoms with Gasteiger partial charge in [-0.1, -0.05) is 26.3 Å². The van der Waals surface area contributed by atoms with Gasteiger partial charge in [0.2, 0.25) is 0 Å². The fourth-order valence-corrected chi connectivity index (χ4v) is 0.326. The van der Waals surface area contributed by atoms with Crippen molar-refractivity contribution in [3.8, 4) is 0 Å². The summed E-state index contributed by atoms with van der Waals surface area (Å²) in [5.74, 6) is 0.644. The molecule has 0 heterocycles. The monoisotopic (exact) mass is 99.1 g/mol. The van der Waals surface area contributed by atoms with Gasteiger partial charge in [-0.2, -0.15) is 0 Å². The van der Waals surface area contributed by atoms with Crippen LogP contribution >= 0.6 is 0 Å². The van der Waals surface area contributed by atoms with Crippen LogP contribution in [0, 0.1) is 5.92 Å². The maximum absolute atomic E-state index is 5.12.